The van der Waals surface area contributed by atoms with E-state index in [0.717, 1.165) is 10.0 Å². The molecule has 0 fully saturated rings. The number of benzene rings is 2. The number of hydrogen-bond acceptors (Lipinski definition) is 3. The zero-order valence-electron chi connectivity index (χ0n) is 12.9. The smallest absolute Gasteiger partial charge is 0.319 e. The molecular weight excluding hydrogens is 372 g/mol. The molecule has 122 valence electrons. The van der Waals surface area contributed by atoms with Crippen molar-refractivity contribution in [2.24, 2.45) is 0 Å². The fourth-order valence-corrected chi connectivity index (χ4v) is 2.40. The summed E-state index contributed by atoms with van der Waals surface area (Å²) in [5.74, 6) is -0.324. The van der Waals surface area contributed by atoms with Gasteiger partial charge in [0.25, 0.3) is 0 Å². The van der Waals surface area contributed by atoms with Crippen LogP contribution in [-0.2, 0) is 4.79 Å². The molecule has 3 amide bonds. The third-order valence-electron chi connectivity index (χ3n) is 3.14. The van der Waals surface area contributed by atoms with Gasteiger partial charge in [-0.3, -0.25) is 4.79 Å². The Kier molecular flexibility index (Phi) is 5.93. The summed E-state index contributed by atoms with van der Waals surface area (Å²) in [5.41, 5.74) is 2.65. The van der Waals surface area contributed by atoms with Crippen LogP contribution in [0, 0.1) is 18.3 Å². The van der Waals surface area contributed by atoms with Gasteiger partial charge >= 0.3 is 6.03 Å². The number of hydrogen-bond donors (Lipinski definition) is 3. The number of aryl methyl sites for hydroxylation is 1. The highest BCUT2D eigenvalue weighted by atomic mass is 79.9. The molecule has 0 atom stereocenters. The Morgan fingerprint density at radius 1 is 1.12 bits per heavy atom. The number of anilines is 2. The number of urea groups is 1. The average molecular weight is 387 g/mol. The fourth-order valence-electron chi connectivity index (χ4n) is 1.93. The molecule has 6 nitrogen and oxygen atoms in total. The topological polar surface area (TPSA) is 94.0 Å². The number of carbonyl (C=O) groups excluding carboxylic acids is 2. The van der Waals surface area contributed by atoms with E-state index in [1.807, 2.05) is 25.1 Å². The third kappa shape index (κ3) is 5.11. The second kappa shape index (κ2) is 8.13. The van der Waals surface area contributed by atoms with Crippen LogP contribution in [0.15, 0.2) is 46.9 Å². The van der Waals surface area contributed by atoms with Crippen molar-refractivity contribution in [3.8, 4) is 6.07 Å². The van der Waals surface area contributed by atoms with E-state index in [2.05, 4.69) is 31.9 Å². The zero-order valence-corrected chi connectivity index (χ0v) is 14.5. The van der Waals surface area contributed by atoms with Gasteiger partial charge < -0.3 is 16.0 Å². The van der Waals surface area contributed by atoms with Crippen LogP contribution in [0.3, 0.4) is 0 Å². The van der Waals surface area contributed by atoms with E-state index in [9.17, 15) is 9.59 Å². The normalized spacial score (nSPS) is 9.71. The van der Waals surface area contributed by atoms with Crippen molar-refractivity contribution in [2.45, 2.75) is 6.92 Å². The van der Waals surface area contributed by atoms with Gasteiger partial charge in [-0.2, -0.15) is 5.26 Å². The summed E-state index contributed by atoms with van der Waals surface area (Å²) in [6, 6.07) is 13.4. The van der Waals surface area contributed by atoms with Crippen molar-refractivity contribution in [2.75, 3.05) is 17.2 Å². The van der Waals surface area contributed by atoms with Crippen molar-refractivity contribution in [1.82, 2.24) is 5.32 Å². The van der Waals surface area contributed by atoms with Crippen LogP contribution in [0.4, 0.5) is 16.2 Å². The number of amides is 3. The van der Waals surface area contributed by atoms with Crippen LogP contribution in [0.5, 0.6) is 0 Å². The molecule has 0 aliphatic carbocycles. The fraction of sp³-hybridized carbons (Fsp3) is 0.118. The number of nitrogens with zero attached hydrogens (tertiary/aromatic N) is 1. The minimum absolute atomic E-state index is 0.155. The first-order chi connectivity index (χ1) is 11.5. The molecule has 3 N–H and O–H groups in total. The molecule has 0 radical (unpaired) electrons. The predicted molar refractivity (Wildman–Crippen MR) is 95.7 cm³/mol. The first kappa shape index (κ1) is 17.5. The Morgan fingerprint density at radius 3 is 2.46 bits per heavy atom. The van der Waals surface area contributed by atoms with E-state index in [1.165, 1.54) is 0 Å². The lowest BCUT2D eigenvalue weighted by Crippen LogP contribution is -2.35. The Bertz CT molecular complexity index is 797. The van der Waals surface area contributed by atoms with Gasteiger partial charge in [-0.25, -0.2) is 4.79 Å². The summed E-state index contributed by atoms with van der Waals surface area (Å²) in [5, 5.41) is 16.5. The van der Waals surface area contributed by atoms with E-state index in [-0.39, 0.29) is 12.5 Å². The van der Waals surface area contributed by atoms with E-state index >= 15 is 0 Å². The molecule has 0 heterocycles. The van der Waals surface area contributed by atoms with Crippen molar-refractivity contribution >= 4 is 39.2 Å². The van der Waals surface area contributed by atoms with Crippen LogP contribution in [0.2, 0.25) is 0 Å². The minimum atomic E-state index is -0.498. The third-order valence-corrected chi connectivity index (χ3v) is 3.64. The van der Waals surface area contributed by atoms with Gasteiger partial charge in [0.1, 0.15) is 0 Å². The molecule has 24 heavy (non-hydrogen) atoms. The molecule has 0 saturated carbocycles. The highest BCUT2D eigenvalue weighted by Gasteiger charge is 2.08. The van der Waals surface area contributed by atoms with E-state index in [1.54, 1.807) is 30.3 Å². The lowest BCUT2D eigenvalue weighted by atomic mass is 10.2. The highest BCUT2D eigenvalue weighted by molar-refractivity contribution is 9.10. The second-order valence-corrected chi connectivity index (χ2v) is 5.92. The molecule has 2 aromatic rings. The molecule has 0 saturated heterocycles. The summed E-state index contributed by atoms with van der Waals surface area (Å²) < 4.78 is 0.929. The maximum absolute atomic E-state index is 11.9. The van der Waals surface area contributed by atoms with E-state index < -0.39 is 6.03 Å². The maximum Gasteiger partial charge on any atom is 0.319 e. The Labute approximate surface area is 148 Å². The molecule has 7 heteroatoms. The molecule has 0 spiro atoms. The summed E-state index contributed by atoms with van der Waals surface area (Å²) in [6.07, 6.45) is 0. The summed E-state index contributed by atoms with van der Waals surface area (Å²) in [4.78, 5) is 23.7. The van der Waals surface area contributed by atoms with Crippen LogP contribution >= 0.6 is 15.9 Å². The van der Waals surface area contributed by atoms with Crippen molar-refractivity contribution in [3.63, 3.8) is 0 Å². The Morgan fingerprint density at radius 2 is 1.83 bits per heavy atom. The summed E-state index contributed by atoms with van der Waals surface area (Å²) in [6.45, 7) is 1.73. The number of nitriles is 1. The van der Waals surface area contributed by atoms with Crippen LogP contribution in [0.1, 0.15) is 11.1 Å². The summed E-state index contributed by atoms with van der Waals surface area (Å²) in [7, 11) is 0. The van der Waals surface area contributed by atoms with Crippen LogP contribution < -0.4 is 16.0 Å². The number of nitrogens with one attached hydrogen (secondary N) is 3. The molecule has 0 aliphatic rings. The highest BCUT2D eigenvalue weighted by Crippen LogP contribution is 2.19. The number of rotatable bonds is 4. The van der Waals surface area contributed by atoms with Gasteiger partial charge in [0.15, 0.2) is 0 Å². The largest absolute Gasteiger partial charge is 0.329 e. The molecule has 0 unspecified atom stereocenters. The van der Waals surface area contributed by atoms with Crippen LogP contribution in [-0.4, -0.2) is 18.5 Å². The molecule has 0 bridgehead atoms. The Hall–Kier alpha value is -2.85. The molecule has 2 aromatic carbocycles. The second-order valence-electron chi connectivity index (χ2n) is 5.00. The zero-order chi connectivity index (χ0) is 17.5. The lowest BCUT2D eigenvalue weighted by Gasteiger charge is -2.10. The van der Waals surface area contributed by atoms with Gasteiger partial charge in [-0.15, -0.1) is 0 Å². The van der Waals surface area contributed by atoms with Gasteiger partial charge in [-0.05, 0) is 55.0 Å². The maximum atomic E-state index is 11.9. The van der Waals surface area contributed by atoms with Crippen molar-refractivity contribution in [1.29, 1.82) is 5.26 Å². The van der Waals surface area contributed by atoms with Gasteiger partial charge in [0.05, 0.1) is 18.2 Å². The first-order valence-electron chi connectivity index (χ1n) is 7.09. The predicted octanol–water partition coefficient (Wildman–Crippen LogP) is 3.39. The summed E-state index contributed by atoms with van der Waals surface area (Å²) >= 11 is 3.36. The number of carbonyl (C=O) groups is 2. The SMILES string of the molecule is Cc1cc(Br)ccc1NC(=O)CNC(=O)Nc1ccc(C#N)cc1. The quantitative estimate of drug-likeness (QED) is 0.751. The van der Waals surface area contributed by atoms with E-state index in [0.29, 0.717) is 16.9 Å². The van der Waals surface area contributed by atoms with Crippen molar-refractivity contribution in [3.05, 3.63) is 58.1 Å². The standard InChI is InChI=1S/C17H15BrN4O2/c1-11-8-13(18)4-7-15(11)22-16(23)10-20-17(24)21-14-5-2-12(9-19)3-6-14/h2-8H,10H2,1H3,(H,22,23)(H2,20,21,24). The molecular formula is C17H15BrN4O2. The number of halogens is 1. The van der Waals surface area contributed by atoms with E-state index in [4.69, 9.17) is 5.26 Å². The minimum Gasteiger partial charge on any atom is -0.329 e. The van der Waals surface area contributed by atoms with Gasteiger partial charge in [0, 0.05) is 15.8 Å². The van der Waals surface area contributed by atoms with Crippen LogP contribution in [0.25, 0.3) is 0 Å². The monoisotopic (exact) mass is 386 g/mol. The van der Waals surface area contributed by atoms with Gasteiger partial charge in [0.2, 0.25) is 5.91 Å². The molecule has 0 aromatic heterocycles. The van der Waals surface area contributed by atoms with Gasteiger partial charge in [-0.1, -0.05) is 15.9 Å². The molecule has 2 rings (SSSR count). The average Bonchev–Trinajstić information content (AvgIpc) is 2.56. The molecule has 0 aliphatic heterocycles. The lowest BCUT2D eigenvalue weighted by molar-refractivity contribution is -0.115. The Balaban J connectivity index is 1.82. The first-order valence-corrected chi connectivity index (χ1v) is 7.88. The van der Waals surface area contributed by atoms with Crippen molar-refractivity contribution < 1.29 is 9.59 Å².